The molecule has 15 heteroatoms. The molecule has 9 nitrogen and oxygen atoms in total. The number of hydrogen-bond acceptors (Lipinski definition) is 8. The standard InChI is InChI=1S/C21H21F6N7O2/c1-11-28-18(36-32-11)33-8-12-5-6-13(9-33)16(12)29-17-30-19(34(31-17)10-20(22,23)24)35-15-4-2-3-14(7-15)21(25,26)27/h2-4,7,12-13,16H,5-6,8-10H2,1H3,(H,29,31)/t12-,13+,16?. The minimum absolute atomic E-state index is 0.0924. The van der Waals surface area contributed by atoms with Gasteiger partial charge in [0.1, 0.15) is 12.3 Å². The fraction of sp³-hybridized carbons (Fsp3) is 0.524. The van der Waals surface area contributed by atoms with Gasteiger partial charge in [-0.1, -0.05) is 11.2 Å². The number of ether oxygens (including phenoxy) is 1. The second-order valence-electron chi connectivity index (χ2n) is 8.92. The van der Waals surface area contributed by atoms with E-state index in [9.17, 15) is 26.3 Å². The predicted molar refractivity (Wildman–Crippen MR) is 112 cm³/mol. The summed E-state index contributed by atoms with van der Waals surface area (Å²) in [7, 11) is 0. The Morgan fingerprint density at radius 2 is 1.81 bits per heavy atom. The highest BCUT2D eigenvalue weighted by Gasteiger charge is 2.44. The fourth-order valence-electron chi connectivity index (χ4n) is 4.76. The van der Waals surface area contributed by atoms with Crippen LogP contribution in [0.5, 0.6) is 11.8 Å². The molecule has 2 aliphatic rings. The second kappa shape index (κ2) is 8.85. The van der Waals surface area contributed by atoms with Gasteiger partial charge in [-0.25, -0.2) is 4.68 Å². The number of anilines is 2. The maximum absolute atomic E-state index is 13.1. The van der Waals surface area contributed by atoms with Crippen molar-refractivity contribution in [3.05, 3.63) is 35.7 Å². The molecule has 1 aromatic carbocycles. The van der Waals surface area contributed by atoms with Crippen molar-refractivity contribution in [3.8, 4) is 11.8 Å². The largest absolute Gasteiger partial charge is 0.424 e. The molecule has 0 amide bonds. The molecule has 1 saturated heterocycles. The lowest BCUT2D eigenvalue weighted by molar-refractivity contribution is -0.143. The molecule has 2 fully saturated rings. The molecule has 1 aliphatic carbocycles. The van der Waals surface area contributed by atoms with Crippen LogP contribution in [0.2, 0.25) is 0 Å². The number of nitrogens with zero attached hydrogens (tertiary/aromatic N) is 6. The van der Waals surface area contributed by atoms with Gasteiger partial charge in [0.05, 0.1) is 5.56 Å². The van der Waals surface area contributed by atoms with Crippen LogP contribution in [0.3, 0.4) is 0 Å². The first kappa shape index (κ1) is 24.2. The molecule has 1 N–H and O–H groups in total. The highest BCUT2D eigenvalue weighted by molar-refractivity contribution is 5.36. The monoisotopic (exact) mass is 517 g/mol. The van der Waals surface area contributed by atoms with Crippen LogP contribution in [0.15, 0.2) is 28.8 Å². The average molecular weight is 517 g/mol. The molecule has 0 radical (unpaired) electrons. The van der Waals surface area contributed by atoms with Gasteiger partial charge < -0.3 is 19.5 Å². The Bertz CT molecular complexity index is 1210. The molecule has 3 aromatic rings. The number of aromatic nitrogens is 5. The van der Waals surface area contributed by atoms with Crippen molar-refractivity contribution in [3.63, 3.8) is 0 Å². The lowest BCUT2D eigenvalue weighted by atomic mass is 9.92. The van der Waals surface area contributed by atoms with E-state index in [1.54, 1.807) is 6.92 Å². The Hall–Kier alpha value is -3.52. The molecule has 194 valence electrons. The van der Waals surface area contributed by atoms with Crippen molar-refractivity contribution in [2.75, 3.05) is 23.3 Å². The zero-order chi connectivity index (χ0) is 25.7. The molecule has 3 atom stereocenters. The summed E-state index contributed by atoms with van der Waals surface area (Å²) in [5.74, 6) is 0.364. The van der Waals surface area contributed by atoms with E-state index < -0.39 is 30.5 Å². The molecule has 2 aromatic heterocycles. The van der Waals surface area contributed by atoms with Gasteiger partial charge in [-0.05, 0) is 49.8 Å². The van der Waals surface area contributed by atoms with E-state index in [1.165, 1.54) is 6.07 Å². The highest BCUT2D eigenvalue weighted by Crippen LogP contribution is 2.40. The number of halogens is 6. The summed E-state index contributed by atoms with van der Waals surface area (Å²) < 4.78 is 89.6. The van der Waals surface area contributed by atoms with Crippen LogP contribution in [0.1, 0.15) is 24.2 Å². The lowest BCUT2D eigenvalue weighted by Crippen LogP contribution is -2.48. The molecule has 0 spiro atoms. The maximum Gasteiger partial charge on any atom is 0.416 e. The van der Waals surface area contributed by atoms with E-state index in [2.05, 4.69) is 25.5 Å². The number of alkyl halides is 6. The lowest BCUT2D eigenvalue weighted by Gasteiger charge is -2.37. The van der Waals surface area contributed by atoms with E-state index in [0.717, 1.165) is 25.0 Å². The van der Waals surface area contributed by atoms with Gasteiger partial charge in [-0.3, -0.25) is 0 Å². The summed E-state index contributed by atoms with van der Waals surface area (Å²) in [5.41, 5.74) is -1.000. The molecule has 36 heavy (non-hydrogen) atoms. The first-order chi connectivity index (χ1) is 16.9. The van der Waals surface area contributed by atoms with Crippen LogP contribution in [0.4, 0.5) is 38.3 Å². The van der Waals surface area contributed by atoms with E-state index in [-0.39, 0.29) is 29.6 Å². The van der Waals surface area contributed by atoms with Crippen molar-refractivity contribution >= 4 is 12.0 Å². The molecular weight excluding hydrogens is 496 g/mol. The van der Waals surface area contributed by atoms with Gasteiger partial charge >= 0.3 is 24.4 Å². The normalized spacial score (nSPS) is 22.2. The van der Waals surface area contributed by atoms with Crippen molar-refractivity contribution in [2.24, 2.45) is 11.8 Å². The summed E-state index contributed by atoms with van der Waals surface area (Å²) in [6, 6.07) is 3.55. The van der Waals surface area contributed by atoms with E-state index in [0.29, 0.717) is 35.7 Å². The third-order valence-electron chi connectivity index (χ3n) is 6.25. The maximum atomic E-state index is 13.1. The Balaban J connectivity index is 1.35. The van der Waals surface area contributed by atoms with Gasteiger partial charge in [0.25, 0.3) is 0 Å². The van der Waals surface area contributed by atoms with Crippen LogP contribution in [-0.2, 0) is 12.7 Å². The Morgan fingerprint density at radius 3 is 2.42 bits per heavy atom. The molecule has 3 heterocycles. The predicted octanol–water partition coefficient (Wildman–Crippen LogP) is 4.67. The number of piperidine rings is 1. The highest BCUT2D eigenvalue weighted by atomic mass is 19.4. The average Bonchev–Trinajstić information content (AvgIpc) is 3.43. The molecule has 1 unspecified atom stereocenters. The second-order valence-corrected chi connectivity index (χ2v) is 8.92. The van der Waals surface area contributed by atoms with E-state index >= 15 is 0 Å². The zero-order valence-electron chi connectivity index (χ0n) is 18.8. The summed E-state index contributed by atoms with van der Waals surface area (Å²) in [6.45, 7) is 1.41. The van der Waals surface area contributed by atoms with Crippen LogP contribution in [0.25, 0.3) is 0 Å². The Labute approximate surface area is 200 Å². The van der Waals surface area contributed by atoms with Gasteiger partial charge in [0.15, 0.2) is 5.82 Å². The third-order valence-corrected chi connectivity index (χ3v) is 6.25. The smallest absolute Gasteiger partial charge is 0.416 e. The van der Waals surface area contributed by atoms with Crippen molar-refractivity contribution in [2.45, 2.75) is 44.7 Å². The summed E-state index contributed by atoms with van der Waals surface area (Å²) in [5, 5.41) is 10.8. The van der Waals surface area contributed by atoms with Gasteiger partial charge in [0.2, 0.25) is 5.95 Å². The SMILES string of the molecule is Cc1noc(N2C[C@H]3CC[C@@H](C2)C3Nc2nc(Oc3cccc(C(F)(F)F)c3)n(CC(F)(F)F)n2)n1. The topological polar surface area (TPSA) is 94.1 Å². The Kier molecular flexibility index (Phi) is 5.95. The first-order valence-corrected chi connectivity index (χ1v) is 11.1. The quantitative estimate of drug-likeness (QED) is 0.472. The molecule has 1 saturated carbocycles. The van der Waals surface area contributed by atoms with Crippen molar-refractivity contribution in [1.29, 1.82) is 0 Å². The zero-order valence-corrected chi connectivity index (χ0v) is 18.8. The van der Waals surface area contributed by atoms with E-state index in [4.69, 9.17) is 9.26 Å². The van der Waals surface area contributed by atoms with Gasteiger partial charge in [-0.2, -0.15) is 36.3 Å². The number of fused-ring (bicyclic) bond motifs is 2. The molecule has 5 rings (SSSR count). The van der Waals surface area contributed by atoms with Crippen LogP contribution in [-0.4, -0.2) is 50.2 Å². The number of benzene rings is 1. The van der Waals surface area contributed by atoms with E-state index in [1.807, 2.05) is 4.90 Å². The molecular formula is C21H21F6N7O2. The third kappa shape index (κ3) is 5.18. The number of aryl methyl sites for hydroxylation is 1. The van der Waals surface area contributed by atoms with Crippen LogP contribution in [0, 0.1) is 18.8 Å². The fourth-order valence-corrected chi connectivity index (χ4v) is 4.76. The number of hydrogen-bond donors (Lipinski definition) is 1. The van der Waals surface area contributed by atoms with Crippen molar-refractivity contribution < 1.29 is 35.6 Å². The minimum atomic E-state index is -4.65. The first-order valence-electron chi connectivity index (χ1n) is 11.1. The minimum Gasteiger partial charge on any atom is -0.424 e. The number of rotatable bonds is 6. The van der Waals surface area contributed by atoms with Crippen LogP contribution < -0.4 is 15.0 Å². The Morgan fingerprint density at radius 1 is 1.08 bits per heavy atom. The van der Waals surface area contributed by atoms with Gasteiger partial charge in [0, 0.05) is 19.1 Å². The molecule has 1 aliphatic heterocycles. The van der Waals surface area contributed by atoms with Gasteiger partial charge in [-0.15, -0.1) is 5.10 Å². The van der Waals surface area contributed by atoms with Crippen LogP contribution >= 0.6 is 0 Å². The summed E-state index contributed by atoms with van der Waals surface area (Å²) in [6.07, 6.45) is -7.53. The van der Waals surface area contributed by atoms with Crippen molar-refractivity contribution in [1.82, 2.24) is 24.9 Å². The number of nitrogens with one attached hydrogen (secondary N) is 1. The summed E-state index contributed by atoms with van der Waals surface area (Å²) >= 11 is 0. The summed E-state index contributed by atoms with van der Waals surface area (Å²) in [4.78, 5) is 10.3. The molecule has 2 bridgehead atoms.